The van der Waals surface area contributed by atoms with E-state index < -0.39 is 5.97 Å². The minimum atomic E-state index is -0.968. The molecular weight excluding hydrogens is 276 g/mol. The van der Waals surface area contributed by atoms with Gasteiger partial charge in [0, 0.05) is 16.9 Å². The number of aromatic nitrogens is 2. The first kappa shape index (κ1) is 12.9. The molecule has 0 aliphatic heterocycles. The highest BCUT2D eigenvalue weighted by Gasteiger charge is 2.26. The molecule has 2 aromatic rings. The Morgan fingerprint density at radius 2 is 2.15 bits per heavy atom. The molecule has 0 amide bonds. The van der Waals surface area contributed by atoms with Crippen LogP contribution in [0.25, 0.3) is 0 Å². The highest BCUT2D eigenvalue weighted by Crippen LogP contribution is 2.38. The van der Waals surface area contributed by atoms with Gasteiger partial charge in [0.05, 0.1) is 5.56 Å². The number of benzene rings is 1. The minimum Gasteiger partial charge on any atom is -0.478 e. The molecule has 3 rings (SSSR count). The quantitative estimate of drug-likeness (QED) is 0.845. The Bertz CT molecular complexity index is 722. The smallest absolute Gasteiger partial charge is 0.335 e. The fraction of sp³-hybridized carbons (Fsp3) is 0.214. The van der Waals surface area contributed by atoms with Gasteiger partial charge in [-0.2, -0.15) is 0 Å². The number of carboxylic acids is 1. The van der Waals surface area contributed by atoms with Gasteiger partial charge in [-0.05, 0) is 31.0 Å². The molecule has 0 spiro atoms. The van der Waals surface area contributed by atoms with E-state index in [4.69, 9.17) is 5.11 Å². The van der Waals surface area contributed by atoms with Crippen LogP contribution in [0.1, 0.15) is 34.9 Å². The zero-order valence-electron chi connectivity index (χ0n) is 10.5. The van der Waals surface area contributed by atoms with Gasteiger partial charge in [-0.3, -0.25) is 4.79 Å². The largest absolute Gasteiger partial charge is 0.478 e. The van der Waals surface area contributed by atoms with Crippen molar-refractivity contribution in [2.45, 2.75) is 28.7 Å². The van der Waals surface area contributed by atoms with Gasteiger partial charge in [0.15, 0.2) is 0 Å². The number of H-pyrrole nitrogens is 1. The second-order valence-corrected chi connectivity index (χ2v) is 5.77. The van der Waals surface area contributed by atoms with Crippen molar-refractivity contribution >= 4 is 17.7 Å². The molecule has 1 aromatic heterocycles. The van der Waals surface area contributed by atoms with Crippen LogP contribution in [-0.2, 0) is 0 Å². The van der Waals surface area contributed by atoms with Crippen LogP contribution in [0, 0.1) is 0 Å². The topological polar surface area (TPSA) is 83.0 Å². The van der Waals surface area contributed by atoms with Gasteiger partial charge in [0.1, 0.15) is 10.9 Å². The molecule has 0 bridgehead atoms. The lowest BCUT2D eigenvalue weighted by molar-refractivity contribution is 0.0696. The van der Waals surface area contributed by atoms with Gasteiger partial charge in [-0.15, -0.1) is 0 Å². The summed E-state index contributed by atoms with van der Waals surface area (Å²) in [5.41, 5.74) is 0.0565. The number of aromatic carboxylic acids is 1. The second-order valence-electron chi connectivity index (χ2n) is 4.68. The maximum atomic E-state index is 11.6. The summed E-state index contributed by atoms with van der Waals surface area (Å²) in [7, 11) is 0. The number of nitrogens with zero attached hydrogens (tertiary/aromatic N) is 1. The van der Waals surface area contributed by atoms with Crippen molar-refractivity contribution in [2.24, 2.45) is 0 Å². The Morgan fingerprint density at radius 3 is 2.85 bits per heavy atom. The van der Waals surface area contributed by atoms with Crippen LogP contribution in [0.4, 0.5) is 0 Å². The predicted octanol–water partition coefficient (Wildman–Crippen LogP) is 2.50. The van der Waals surface area contributed by atoms with Crippen LogP contribution in [0.15, 0.2) is 45.0 Å². The van der Waals surface area contributed by atoms with Crippen molar-refractivity contribution in [3.63, 3.8) is 0 Å². The highest BCUT2D eigenvalue weighted by atomic mass is 32.2. The van der Waals surface area contributed by atoms with Crippen molar-refractivity contribution in [3.05, 3.63) is 52.1 Å². The average molecular weight is 288 g/mol. The summed E-state index contributed by atoms with van der Waals surface area (Å²) in [6.07, 6.45) is 2.12. The monoisotopic (exact) mass is 288 g/mol. The van der Waals surface area contributed by atoms with Crippen molar-refractivity contribution < 1.29 is 9.90 Å². The minimum absolute atomic E-state index is 0.168. The molecule has 2 N–H and O–H groups in total. The molecule has 102 valence electrons. The first-order chi connectivity index (χ1) is 9.61. The summed E-state index contributed by atoms with van der Waals surface area (Å²) < 4.78 is 0. The normalized spacial score (nSPS) is 14.2. The molecular formula is C14H12N2O3S. The van der Waals surface area contributed by atoms with E-state index in [-0.39, 0.29) is 11.1 Å². The van der Waals surface area contributed by atoms with E-state index in [0.717, 1.165) is 23.6 Å². The van der Waals surface area contributed by atoms with Crippen molar-refractivity contribution in [3.8, 4) is 0 Å². The zero-order chi connectivity index (χ0) is 14.1. The van der Waals surface area contributed by atoms with Crippen LogP contribution >= 0.6 is 11.8 Å². The molecule has 1 aliphatic rings. The van der Waals surface area contributed by atoms with Gasteiger partial charge in [-0.25, -0.2) is 9.78 Å². The van der Waals surface area contributed by atoms with Gasteiger partial charge in [-0.1, -0.05) is 17.8 Å². The third-order valence-corrected chi connectivity index (χ3v) is 3.91. The number of aromatic amines is 1. The first-order valence-electron chi connectivity index (χ1n) is 6.24. The van der Waals surface area contributed by atoms with Gasteiger partial charge < -0.3 is 10.1 Å². The third-order valence-electron chi connectivity index (χ3n) is 3.00. The maximum absolute atomic E-state index is 11.6. The summed E-state index contributed by atoms with van der Waals surface area (Å²) >= 11 is 1.30. The molecule has 1 saturated carbocycles. The van der Waals surface area contributed by atoms with Crippen LogP contribution in [0.2, 0.25) is 0 Å². The molecule has 1 heterocycles. The van der Waals surface area contributed by atoms with E-state index in [1.54, 1.807) is 18.2 Å². The molecule has 1 aliphatic carbocycles. The number of hydrogen-bond acceptors (Lipinski definition) is 4. The van der Waals surface area contributed by atoms with E-state index in [1.165, 1.54) is 23.9 Å². The molecule has 0 saturated heterocycles. The molecule has 1 aromatic carbocycles. The van der Waals surface area contributed by atoms with Crippen LogP contribution in [0.5, 0.6) is 0 Å². The molecule has 20 heavy (non-hydrogen) atoms. The fourth-order valence-electron chi connectivity index (χ4n) is 1.87. The number of rotatable bonds is 4. The number of hydrogen-bond donors (Lipinski definition) is 2. The fourth-order valence-corrected chi connectivity index (χ4v) is 2.75. The lowest BCUT2D eigenvalue weighted by Crippen LogP contribution is -2.10. The number of nitrogens with one attached hydrogen (secondary N) is 1. The first-order valence-corrected chi connectivity index (χ1v) is 7.06. The number of carbonyl (C=O) groups is 1. The van der Waals surface area contributed by atoms with Gasteiger partial charge in [0.2, 0.25) is 0 Å². The molecule has 0 unspecified atom stereocenters. The maximum Gasteiger partial charge on any atom is 0.335 e. The SMILES string of the molecule is O=C(O)c1cccc(Sc2cc(=O)[nH]c(C3CC3)n2)c1. The predicted molar refractivity (Wildman–Crippen MR) is 74.4 cm³/mol. The zero-order valence-corrected chi connectivity index (χ0v) is 11.3. The summed E-state index contributed by atoms with van der Waals surface area (Å²) in [5, 5.41) is 9.56. The van der Waals surface area contributed by atoms with Crippen molar-refractivity contribution in [1.29, 1.82) is 0 Å². The summed E-state index contributed by atoms with van der Waals surface area (Å²) in [5.74, 6) is 0.132. The van der Waals surface area contributed by atoms with E-state index in [1.807, 2.05) is 0 Å². The second kappa shape index (κ2) is 5.13. The van der Waals surface area contributed by atoms with Gasteiger partial charge in [0.25, 0.3) is 5.56 Å². The van der Waals surface area contributed by atoms with Gasteiger partial charge >= 0.3 is 5.97 Å². The standard InChI is InChI=1S/C14H12N2O3S/c17-11-7-12(16-13(15-11)8-4-5-8)20-10-3-1-2-9(6-10)14(18)19/h1-3,6-8H,4-5H2,(H,18,19)(H,15,16,17). The van der Waals surface area contributed by atoms with E-state index in [2.05, 4.69) is 9.97 Å². The third kappa shape index (κ3) is 2.91. The van der Waals surface area contributed by atoms with E-state index in [0.29, 0.717) is 10.9 Å². The molecule has 5 nitrogen and oxygen atoms in total. The lowest BCUT2D eigenvalue weighted by atomic mass is 10.2. The molecule has 6 heteroatoms. The van der Waals surface area contributed by atoms with E-state index >= 15 is 0 Å². The lowest BCUT2D eigenvalue weighted by Gasteiger charge is -2.04. The summed E-state index contributed by atoms with van der Waals surface area (Å²) in [6, 6.07) is 8.03. The van der Waals surface area contributed by atoms with Crippen LogP contribution < -0.4 is 5.56 Å². The molecule has 0 atom stereocenters. The Labute approximate surface area is 119 Å². The Hall–Kier alpha value is -2.08. The Balaban J connectivity index is 1.89. The van der Waals surface area contributed by atoms with Crippen molar-refractivity contribution in [1.82, 2.24) is 9.97 Å². The van der Waals surface area contributed by atoms with Crippen molar-refractivity contribution in [2.75, 3.05) is 0 Å². The summed E-state index contributed by atoms with van der Waals surface area (Å²) in [6.45, 7) is 0. The Kier molecular flexibility index (Phi) is 3.31. The average Bonchev–Trinajstić information content (AvgIpc) is 3.22. The van der Waals surface area contributed by atoms with Crippen LogP contribution in [-0.4, -0.2) is 21.0 Å². The molecule has 0 radical (unpaired) electrons. The van der Waals surface area contributed by atoms with Crippen LogP contribution in [0.3, 0.4) is 0 Å². The Morgan fingerprint density at radius 1 is 1.35 bits per heavy atom. The number of carboxylic acid groups (broad SMARTS) is 1. The highest BCUT2D eigenvalue weighted by molar-refractivity contribution is 7.99. The summed E-state index contributed by atoms with van der Waals surface area (Å²) in [4.78, 5) is 30.5. The molecule has 1 fully saturated rings. The van der Waals surface area contributed by atoms with E-state index in [9.17, 15) is 9.59 Å².